The van der Waals surface area contributed by atoms with Crippen molar-refractivity contribution in [3.05, 3.63) is 59.2 Å². The number of hydrogen-bond donors (Lipinski definition) is 1. The predicted octanol–water partition coefficient (Wildman–Crippen LogP) is 3.97. The largest absolute Gasteiger partial charge is 0.496 e. The summed E-state index contributed by atoms with van der Waals surface area (Å²) in [6.45, 7) is 4.87. The second kappa shape index (κ2) is 7.05. The Bertz CT molecular complexity index is 754. The monoisotopic (exact) mass is 323 g/mol. The lowest BCUT2D eigenvalue weighted by molar-refractivity contribution is 0.405. The van der Waals surface area contributed by atoms with Crippen LogP contribution in [0.4, 0.5) is 5.69 Å². The highest BCUT2D eigenvalue weighted by Crippen LogP contribution is 2.40. The van der Waals surface area contributed by atoms with E-state index in [1.165, 1.54) is 11.1 Å². The average molecular weight is 323 g/mol. The summed E-state index contributed by atoms with van der Waals surface area (Å²) in [4.78, 5) is 0. The molecule has 2 aromatic rings. The second-order valence-corrected chi connectivity index (χ2v) is 6.30. The highest BCUT2D eigenvalue weighted by molar-refractivity contribution is 5.89. The molecule has 24 heavy (non-hydrogen) atoms. The van der Waals surface area contributed by atoms with Gasteiger partial charge >= 0.3 is 0 Å². The van der Waals surface area contributed by atoms with Crippen LogP contribution in [-0.4, -0.2) is 19.4 Å². The van der Waals surface area contributed by atoms with E-state index in [9.17, 15) is 0 Å². The van der Waals surface area contributed by atoms with Gasteiger partial charge in [0.15, 0.2) is 0 Å². The molecular formula is C20H25N3O. The van der Waals surface area contributed by atoms with E-state index in [-0.39, 0.29) is 6.04 Å². The molecule has 1 aliphatic heterocycles. The summed E-state index contributed by atoms with van der Waals surface area (Å²) in [6, 6.07) is 14.8. The second-order valence-electron chi connectivity index (χ2n) is 6.30. The molecule has 0 aromatic heterocycles. The number of benzene rings is 2. The minimum Gasteiger partial charge on any atom is -0.496 e. The number of aryl methyl sites for hydroxylation is 2. The SMILES string of the molecule is COc1ccccc1C1CC(CCN)=NN1c1ccc(C)cc1C. The Hall–Kier alpha value is -2.33. The number of methoxy groups -OCH3 is 1. The van der Waals surface area contributed by atoms with Crippen molar-refractivity contribution in [1.29, 1.82) is 0 Å². The van der Waals surface area contributed by atoms with E-state index in [1.807, 2.05) is 12.1 Å². The minimum atomic E-state index is 0.143. The molecular weight excluding hydrogens is 298 g/mol. The van der Waals surface area contributed by atoms with Crippen LogP contribution in [0, 0.1) is 13.8 Å². The third-order valence-corrected chi connectivity index (χ3v) is 4.50. The maximum atomic E-state index is 5.76. The van der Waals surface area contributed by atoms with Gasteiger partial charge in [-0.1, -0.05) is 35.9 Å². The number of nitrogens with zero attached hydrogens (tertiary/aromatic N) is 2. The van der Waals surface area contributed by atoms with Crippen molar-refractivity contribution in [2.45, 2.75) is 32.7 Å². The molecule has 1 aliphatic rings. The Kier molecular flexibility index (Phi) is 4.86. The van der Waals surface area contributed by atoms with Crippen LogP contribution in [0.5, 0.6) is 5.75 Å². The normalized spacial score (nSPS) is 17.1. The van der Waals surface area contributed by atoms with Crippen molar-refractivity contribution in [2.75, 3.05) is 18.7 Å². The van der Waals surface area contributed by atoms with Gasteiger partial charge in [-0.25, -0.2) is 0 Å². The van der Waals surface area contributed by atoms with Gasteiger partial charge in [0.2, 0.25) is 0 Å². The number of hydrazone groups is 1. The molecule has 0 radical (unpaired) electrons. The van der Waals surface area contributed by atoms with Crippen molar-refractivity contribution in [1.82, 2.24) is 0 Å². The smallest absolute Gasteiger partial charge is 0.124 e. The summed E-state index contributed by atoms with van der Waals surface area (Å²) in [5.41, 5.74) is 11.7. The topological polar surface area (TPSA) is 50.9 Å². The van der Waals surface area contributed by atoms with Gasteiger partial charge in [-0.15, -0.1) is 0 Å². The minimum absolute atomic E-state index is 0.143. The summed E-state index contributed by atoms with van der Waals surface area (Å²) in [5.74, 6) is 0.904. The predicted molar refractivity (Wildman–Crippen MR) is 99.9 cm³/mol. The number of rotatable bonds is 5. The van der Waals surface area contributed by atoms with Crippen molar-refractivity contribution in [3.63, 3.8) is 0 Å². The fraction of sp³-hybridized carbons (Fsp3) is 0.350. The van der Waals surface area contributed by atoms with Crippen molar-refractivity contribution < 1.29 is 4.74 Å². The number of ether oxygens (including phenoxy) is 1. The highest BCUT2D eigenvalue weighted by Gasteiger charge is 2.31. The van der Waals surface area contributed by atoms with Gasteiger partial charge in [0.05, 0.1) is 18.8 Å². The van der Waals surface area contributed by atoms with Gasteiger partial charge in [0.25, 0.3) is 0 Å². The van der Waals surface area contributed by atoms with Crippen molar-refractivity contribution >= 4 is 11.4 Å². The van der Waals surface area contributed by atoms with E-state index in [4.69, 9.17) is 15.6 Å². The van der Waals surface area contributed by atoms with Crippen molar-refractivity contribution in [2.24, 2.45) is 10.8 Å². The molecule has 2 aromatic carbocycles. The molecule has 1 unspecified atom stereocenters. The fourth-order valence-corrected chi connectivity index (χ4v) is 3.36. The van der Waals surface area contributed by atoms with Gasteiger partial charge in [0.1, 0.15) is 5.75 Å². The summed E-state index contributed by atoms with van der Waals surface area (Å²) in [5, 5.41) is 7.02. The lowest BCUT2D eigenvalue weighted by atomic mass is 9.98. The fourth-order valence-electron chi connectivity index (χ4n) is 3.36. The average Bonchev–Trinajstić information content (AvgIpc) is 2.98. The zero-order valence-corrected chi connectivity index (χ0v) is 14.6. The van der Waals surface area contributed by atoms with Gasteiger partial charge in [-0.3, -0.25) is 5.01 Å². The Labute approximate surface area is 143 Å². The van der Waals surface area contributed by atoms with E-state index in [0.717, 1.165) is 35.6 Å². The third-order valence-electron chi connectivity index (χ3n) is 4.50. The summed E-state index contributed by atoms with van der Waals surface area (Å²) >= 11 is 0. The van der Waals surface area contributed by atoms with Crippen LogP contribution in [0.25, 0.3) is 0 Å². The molecule has 4 nitrogen and oxygen atoms in total. The maximum absolute atomic E-state index is 5.76. The summed E-state index contributed by atoms with van der Waals surface area (Å²) in [6.07, 6.45) is 1.71. The molecule has 0 amide bonds. The van der Waals surface area contributed by atoms with E-state index < -0.39 is 0 Å². The molecule has 126 valence electrons. The zero-order valence-electron chi connectivity index (χ0n) is 14.6. The molecule has 3 rings (SSSR count). The molecule has 2 N–H and O–H groups in total. The molecule has 0 saturated carbocycles. The van der Waals surface area contributed by atoms with Crippen LogP contribution in [0.1, 0.15) is 35.6 Å². The van der Waals surface area contributed by atoms with Gasteiger partial charge in [-0.05, 0) is 44.5 Å². The van der Waals surface area contributed by atoms with Crippen molar-refractivity contribution in [3.8, 4) is 5.75 Å². The summed E-state index contributed by atoms with van der Waals surface area (Å²) in [7, 11) is 1.72. The molecule has 0 bridgehead atoms. The first-order valence-electron chi connectivity index (χ1n) is 8.40. The van der Waals surface area contributed by atoms with Crippen LogP contribution in [-0.2, 0) is 0 Å². The highest BCUT2D eigenvalue weighted by atomic mass is 16.5. The van der Waals surface area contributed by atoms with Gasteiger partial charge in [-0.2, -0.15) is 5.10 Å². The van der Waals surface area contributed by atoms with Crippen LogP contribution in [0.3, 0.4) is 0 Å². The number of nitrogens with two attached hydrogens (primary N) is 1. The van der Waals surface area contributed by atoms with E-state index in [1.54, 1.807) is 7.11 Å². The molecule has 4 heteroatoms. The Morgan fingerprint density at radius 2 is 2.00 bits per heavy atom. The Morgan fingerprint density at radius 1 is 1.21 bits per heavy atom. The molecule has 0 fully saturated rings. The van der Waals surface area contributed by atoms with Crippen LogP contribution in [0.15, 0.2) is 47.6 Å². The Morgan fingerprint density at radius 3 is 2.71 bits per heavy atom. The van der Waals surface area contributed by atoms with Crippen LogP contribution < -0.4 is 15.5 Å². The van der Waals surface area contributed by atoms with E-state index in [2.05, 4.69) is 49.2 Å². The molecule has 0 aliphatic carbocycles. The third kappa shape index (κ3) is 3.15. The zero-order chi connectivity index (χ0) is 17.1. The number of hydrogen-bond acceptors (Lipinski definition) is 4. The standard InChI is InChI=1S/C20H25N3O/c1-14-8-9-18(15(2)12-14)23-19(13-16(22-23)10-11-21)17-6-4-5-7-20(17)24-3/h4-9,12,19H,10-11,13,21H2,1-3H3. The first kappa shape index (κ1) is 16.5. The van der Waals surface area contributed by atoms with Crippen LogP contribution >= 0.6 is 0 Å². The lowest BCUT2D eigenvalue weighted by Crippen LogP contribution is -2.20. The maximum Gasteiger partial charge on any atom is 0.124 e. The molecule has 0 saturated heterocycles. The first-order valence-corrected chi connectivity index (χ1v) is 8.40. The van der Waals surface area contributed by atoms with Gasteiger partial charge in [0, 0.05) is 17.7 Å². The lowest BCUT2D eigenvalue weighted by Gasteiger charge is -2.26. The van der Waals surface area contributed by atoms with E-state index >= 15 is 0 Å². The first-order chi connectivity index (χ1) is 11.6. The van der Waals surface area contributed by atoms with Crippen LogP contribution in [0.2, 0.25) is 0 Å². The quantitative estimate of drug-likeness (QED) is 0.906. The molecule has 1 heterocycles. The number of anilines is 1. The van der Waals surface area contributed by atoms with E-state index in [0.29, 0.717) is 6.54 Å². The molecule has 0 spiro atoms. The Balaban J connectivity index is 2.04. The number of para-hydroxylation sites is 1. The summed E-state index contributed by atoms with van der Waals surface area (Å²) < 4.78 is 5.58. The van der Waals surface area contributed by atoms with Gasteiger partial charge < -0.3 is 10.5 Å². The molecule has 1 atom stereocenters.